The summed E-state index contributed by atoms with van der Waals surface area (Å²) in [4.78, 5) is 28.6. The maximum Gasteiger partial charge on any atom is 0.341 e. The van der Waals surface area contributed by atoms with E-state index >= 15 is 0 Å². The van der Waals surface area contributed by atoms with Crippen molar-refractivity contribution >= 4 is 45.6 Å². The predicted molar refractivity (Wildman–Crippen MR) is 115 cm³/mol. The summed E-state index contributed by atoms with van der Waals surface area (Å²) in [6, 6.07) is 4.91. The predicted octanol–water partition coefficient (Wildman–Crippen LogP) is 5.28. The zero-order chi connectivity index (χ0) is 20.5. The van der Waals surface area contributed by atoms with Gasteiger partial charge >= 0.3 is 12.0 Å². The molecule has 1 atom stereocenters. The number of urea groups is 1. The molecular weight excluding hydrogens is 412 g/mol. The molecule has 2 aromatic rings. The third kappa shape index (κ3) is 3.94. The molecule has 4 rings (SSSR count). The fourth-order valence-electron chi connectivity index (χ4n) is 3.84. The number of ether oxygens (including phenoxy) is 2. The molecule has 1 N–H and O–H groups in total. The van der Waals surface area contributed by atoms with E-state index in [2.05, 4.69) is 5.32 Å². The number of hydrogen-bond donors (Lipinski definition) is 1. The molecular formula is C21H23ClN2O4S. The zero-order valence-electron chi connectivity index (χ0n) is 16.4. The standard InChI is InChI=1S/C21H23ClN2O4S/c1-3-27-20(25)18-14-6-4-5-7-17(14)29-19(18)23-21(26)24-11-12(2)28-16-9-8-13(22)10-15(16)24/h8-10,12H,3-7,11H2,1-2H3,(H,23,26)/t12-/m1/s1. The van der Waals surface area contributed by atoms with Gasteiger partial charge in [-0.05, 0) is 63.3 Å². The van der Waals surface area contributed by atoms with Crippen LogP contribution < -0.4 is 15.0 Å². The van der Waals surface area contributed by atoms with Gasteiger partial charge in [-0.1, -0.05) is 11.6 Å². The smallest absolute Gasteiger partial charge is 0.341 e. The van der Waals surface area contributed by atoms with Crippen molar-refractivity contribution in [3.63, 3.8) is 0 Å². The molecule has 0 saturated carbocycles. The summed E-state index contributed by atoms with van der Waals surface area (Å²) in [5, 5.41) is 4.05. The summed E-state index contributed by atoms with van der Waals surface area (Å²) in [5.74, 6) is 0.236. The minimum absolute atomic E-state index is 0.157. The summed E-state index contributed by atoms with van der Waals surface area (Å²) in [6.07, 6.45) is 3.74. The Hall–Kier alpha value is -2.25. The van der Waals surface area contributed by atoms with Gasteiger partial charge in [0.25, 0.3) is 0 Å². The number of carbonyl (C=O) groups excluding carboxylic acids is 2. The minimum Gasteiger partial charge on any atom is -0.487 e. The normalized spacial score (nSPS) is 17.8. The van der Waals surface area contributed by atoms with E-state index in [1.54, 1.807) is 30.0 Å². The zero-order valence-corrected chi connectivity index (χ0v) is 18.0. The molecule has 2 heterocycles. The van der Waals surface area contributed by atoms with Gasteiger partial charge in [-0.25, -0.2) is 9.59 Å². The second-order valence-electron chi connectivity index (χ2n) is 7.22. The number of hydrogen-bond acceptors (Lipinski definition) is 5. The van der Waals surface area contributed by atoms with Gasteiger partial charge in [0, 0.05) is 9.90 Å². The van der Waals surface area contributed by atoms with Crippen molar-refractivity contribution in [2.24, 2.45) is 0 Å². The van der Waals surface area contributed by atoms with Crippen LogP contribution in [-0.2, 0) is 17.6 Å². The fourth-order valence-corrected chi connectivity index (χ4v) is 5.27. The largest absolute Gasteiger partial charge is 0.487 e. The maximum absolute atomic E-state index is 13.2. The summed E-state index contributed by atoms with van der Waals surface area (Å²) in [6.45, 7) is 4.37. The number of thiophene rings is 1. The van der Waals surface area contributed by atoms with E-state index in [1.165, 1.54) is 11.3 Å². The van der Waals surface area contributed by atoms with Crippen LogP contribution in [0.4, 0.5) is 15.5 Å². The number of nitrogens with one attached hydrogen (secondary N) is 1. The molecule has 0 saturated heterocycles. The van der Waals surface area contributed by atoms with Crippen LogP contribution in [0.3, 0.4) is 0 Å². The van der Waals surface area contributed by atoms with Gasteiger partial charge in [-0.2, -0.15) is 0 Å². The fraction of sp³-hybridized carbons (Fsp3) is 0.429. The Morgan fingerprint density at radius 2 is 2.14 bits per heavy atom. The van der Waals surface area contributed by atoms with E-state index in [1.807, 2.05) is 6.92 Å². The number of benzene rings is 1. The van der Waals surface area contributed by atoms with Crippen molar-refractivity contribution < 1.29 is 19.1 Å². The second kappa shape index (κ2) is 8.24. The molecule has 1 aromatic carbocycles. The van der Waals surface area contributed by atoms with Crippen molar-refractivity contribution in [3.8, 4) is 5.75 Å². The van der Waals surface area contributed by atoms with Crippen LogP contribution in [0.5, 0.6) is 5.75 Å². The molecule has 0 fully saturated rings. The lowest BCUT2D eigenvalue weighted by Crippen LogP contribution is -2.44. The molecule has 1 aromatic heterocycles. The first-order chi connectivity index (χ1) is 14.0. The molecule has 29 heavy (non-hydrogen) atoms. The molecule has 0 unspecified atom stereocenters. The molecule has 0 radical (unpaired) electrons. The summed E-state index contributed by atoms with van der Waals surface area (Å²) in [5.41, 5.74) is 2.15. The van der Waals surface area contributed by atoms with E-state index in [0.717, 1.165) is 36.1 Å². The third-order valence-electron chi connectivity index (χ3n) is 5.10. The van der Waals surface area contributed by atoms with Crippen LogP contribution in [0, 0.1) is 0 Å². The van der Waals surface area contributed by atoms with E-state index in [-0.39, 0.29) is 18.1 Å². The van der Waals surface area contributed by atoms with Gasteiger partial charge in [-0.3, -0.25) is 10.2 Å². The summed E-state index contributed by atoms with van der Waals surface area (Å²) >= 11 is 7.62. The Morgan fingerprint density at radius 3 is 2.93 bits per heavy atom. The highest BCUT2D eigenvalue weighted by Gasteiger charge is 2.31. The quantitative estimate of drug-likeness (QED) is 0.667. The number of amides is 2. The third-order valence-corrected chi connectivity index (χ3v) is 6.54. The number of fused-ring (bicyclic) bond motifs is 2. The van der Waals surface area contributed by atoms with Crippen LogP contribution >= 0.6 is 22.9 Å². The summed E-state index contributed by atoms with van der Waals surface area (Å²) < 4.78 is 11.1. The first kappa shape index (κ1) is 20.0. The molecule has 6 nitrogen and oxygen atoms in total. The van der Waals surface area contributed by atoms with Crippen LogP contribution in [0.1, 0.15) is 47.5 Å². The van der Waals surface area contributed by atoms with E-state index < -0.39 is 0 Å². The van der Waals surface area contributed by atoms with E-state index in [0.29, 0.717) is 40.2 Å². The lowest BCUT2D eigenvalue weighted by Gasteiger charge is -2.33. The van der Waals surface area contributed by atoms with Gasteiger partial charge in [0.05, 0.1) is 24.4 Å². The Morgan fingerprint density at radius 1 is 1.34 bits per heavy atom. The molecule has 0 bridgehead atoms. The summed E-state index contributed by atoms with van der Waals surface area (Å²) in [7, 11) is 0. The topological polar surface area (TPSA) is 67.9 Å². The first-order valence-corrected chi connectivity index (χ1v) is 11.0. The number of aryl methyl sites for hydroxylation is 1. The number of rotatable bonds is 3. The molecule has 0 spiro atoms. The lowest BCUT2D eigenvalue weighted by atomic mass is 9.95. The van der Waals surface area contributed by atoms with Crippen LogP contribution in [0.15, 0.2) is 18.2 Å². The molecule has 1 aliphatic heterocycles. The molecule has 1 aliphatic carbocycles. The minimum atomic E-state index is -0.374. The Kier molecular flexibility index (Phi) is 5.69. The average Bonchev–Trinajstić information content (AvgIpc) is 3.05. The van der Waals surface area contributed by atoms with Crippen LogP contribution in [0.25, 0.3) is 0 Å². The first-order valence-electron chi connectivity index (χ1n) is 9.84. The highest BCUT2D eigenvalue weighted by atomic mass is 35.5. The average molecular weight is 435 g/mol. The van der Waals surface area contributed by atoms with E-state index in [9.17, 15) is 9.59 Å². The number of carbonyl (C=O) groups is 2. The monoisotopic (exact) mass is 434 g/mol. The highest BCUT2D eigenvalue weighted by molar-refractivity contribution is 7.17. The lowest BCUT2D eigenvalue weighted by molar-refractivity contribution is 0.0526. The van der Waals surface area contributed by atoms with Crippen molar-refractivity contribution in [1.82, 2.24) is 0 Å². The van der Waals surface area contributed by atoms with Gasteiger partial charge in [-0.15, -0.1) is 11.3 Å². The van der Waals surface area contributed by atoms with Crippen LogP contribution in [-0.4, -0.2) is 31.3 Å². The van der Waals surface area contributed by atoms with Crippen molar-refractivity contribution in [1.29, 1.82) is 0 Å². The SMILES string of the molecule is CCOC(=O)c1c(NC(=O)N2C[C@@H](C)Oc3ccc(Cl)cc32)sc2c1CCCC2. The Labute approximate surface area is 178 Å². The number of anilines is 2. The molecule has 8 heteroatoms. The molecule has 154 valence electrons. The van der Waals surface area contributed by atoms with Gasteiger partial charge in [0.1, 0.15) is 16.9 Å². The van der Waals surface area contributed by atoms with Gasteiger partial charge in [0.2, 0.25) is 0 Å². The molecule has 2 amide bonds. The van der Waals surface area contributed by atoms with E-state index in [4.69, 9.17) is 21.1 Å². The number of esters is 1. The Balaban J connectivity index is 1.66. The van der Waals surface area contributed by atoms with Gasteiger partial charge < -0.3 is 9.47 Å². The van der Waals surface area contributed by atoms with Crippen LogP contribution in [0.2, 0.25) is 5.02 Å². The van der Waals surface area contributed by atoms with Crippen molar-refractivity contribution in [2.75, 3.05) is 23.4 Å². The molecule has 2 aliphatic rings. The van der Waals surface area contributed by atoms with Gasteiger partial charge in [0.15, 0.2) is 0 Å². The number of halogens is 1. The van der Waals surface area contributed by atoms with Crippen molar-refractivity contribution in [2.45, 2.75) is 45.6 Å². The Bertz CT molecular complexity index is 958. The highest BCUT2D eigenvalue weighted by Crippen LogP contribution is 2.40. The maximum atomic E-state index is 13.2. The number of nitrogens with zero attached hydrogens (tertiary/aromatic N) is 1. The second-order valence-corrected chi connectivity index (χ2v) is 8.76. The van der Waals surface area contributed by atoms with Crippen molar-refractivity contribution in [3.05, 3.63) is 39.2 Å².